The maximum Gasteiger partial charge on any atom is 0.279 e. The number of hydrogen-bond acceptors (Lipinski definition) is 4. The minimum atomic E-state index is -0.187. The summed E-state index contributed by atoms with van der Waals surface area (Å²) in [6, 6.07) is 5.15. The van der Waals surface area contributed by atoms with Crippen molar-refractivity contribution in [3.05, 3.63) is 18.2 Å². The average Bonchev–Trinajstić information content (AvgIpc) is 2.47. The summed E-state index contributed by atoms with van der Waals surface area (Å²) in [5.74, 6) is 0.962. The molecule has 1 unspecified atom stereocenters. The van der Waals surface area contributed by atoms with Crippen LogP contribution in [0.5, 0.6) is 11.5 Å². The molecule has 0 saturated heterocycles. The van der Waals surface area contributed by atoms with Crippen molar-refractivity contribution < 1.29 is 24.0 Å². The Bertz CT molecular complexity index is 532. The highest BCUT2D eigenvalue weighted by molar-refractivity contribution is 5.93. The quantitative estimate of drug-likeness (QED) is 0.695. The number of hydrogen-bond donors (Lipinski definition) is 2. The van der Waals surface area contributed by atoms with Crippen LogP contribution in [0.3, 0.4) is 0 Å². The lowest BCUT2D eigenvalue weighted by Gasteiger charge is -2.17. The average molecular weight is 310 g/mol. The van der Waals surface area contributed by atoms with Crippen LogP contribution in [-0.4, -0.2) is 65.2 Å². The van der Waals surface area contributed by atoms with Crippen molar-refractivity contribution in [3.8, 4) is 11.5 Å². The summed E-state index contributed by atoms with van der Waals surface area (Å²) in [7, 11) is 8.27. The molecule has 0 aliphatic heterocycles. The molecule has 22 heavy (non-hydrogen) atoms. The van der Waals surface area contributed by atoms with Crippen LogP contribution in [0, 0.1) is 0 Å². The third-order valence-electron chi connectivity index (χ3n) is 3.10. The largest absolute Gasteiger partial charge is 0.497 e. The molecule has 0 fully saturated rings. The van der Waals surface area contributed by atoms with Gasteiger partial charge in [-0.1, -0.05) is 0 Å². The Labute approximate surface area is 130 Å². The van der Waals surface area contributed by atoms with Crippen molar-refractivity contribution >= 4 is 17.5 Å². The number of carbonyl (C=O) groups excluding carboxylic acids is 2. The van der Waals surface area contributed by atoms with E-state index in [1.54, 1.807) is 46.5 Å². The van der Waals surface area contributed by atoms with Crippen LogP contribution in [0.1, 0.15) is 0 Å². The van der Waals surface area contributed by atoms with E-state index in [0.29, 0.717) is 17.2 Å². The Hall–Kier alpha value is -2.28. The zero-order valence-corrected chi connectivity index (χ0v) is 13.7. The zero-order valence-electron chi connectivity index (χ0n) is 13.7. The van der Waals surface area contributed by atoms with Gasteiger partial charge in [0.25, 0.3) is 11.8 Å². The van der Waals surface area contributed by atoms with E-state index in [-0.39, 0.29) is 24.9 Å². The van der Waals surface area contributed by atoms with E-state index in [4.69, 9.17) is 9.47 Å². The predicted molar refractivity (Wildman–Crippen MR) is 83.5 cm³/mol. The number of quaternary nitrogens is 1. The number of rotatable bonds is 7. The SMILES string of the molecule is COc1ccc(NC(=O)C[NH+](C)CC(=O)N(C)C)c(OC)c1. The molecule has 0 saturated carbocycles. The summed E-state index contributed by atoms with van der Waals surface area (Å²) < 4.78 is 10.3. The van der Waals surface area contributed by atoms with E-state index in [0.717, 1.165) is 4.90 Å². The third kappa shape index (κ3) is 5.25. The van der Waals surface area contributed by atoms with Gasteiger partial charge < -0.3 is 24.6 Å². The molecule has 1 atom stereocenters. The fourth-order valence-corrected chi connectivity index (χ4v) is 1.85. The highest BCUT2D eigenvalue weighted by atomic mass is 16.5. The van der Waals surface area contributed by atoms with E-state index >= 15 is 0 Å². The standard InChI is InChI=1S/C15H23N3O4/c1-17(2)15(20)10-18(3)9-14(19)16-12-7-6-11(21-4)8-13(12)22-5/h6-8H,9-10H2,1-5H3,(H,16,19)/p+1. The van der Waals surface area contributed by atoms with Crippen molar-refractivity contribution in [2.75, 3.05) is 53.8 Å². The van der Waals surface area contributed by atoms with E-state index < -0.39 is 0 Å². The van der Waals surface area contributed by atoms with Crippen molar-refractivity contribution in [2.45, 2.75) is 0 Å². The molecule has 1 rings (SSSR count). The fourth-order valence-electron chi connectivity index (χ4n) is 1.85. The maximum atomic E-state index is 12.1. The fraction of sp³-hybridized carbons (Fsp3) is 0.467. The van der Waals surface area contributed by atoms with Gasteiger partial charge in [-0.15, -0.1) is 0 Å². The van der Waals surface area contributed by atoms with Crippen molar-refractivity contribution in [2.24, 2.45) is 0 Å². The molecule has 7 heteroatoms. The van der Waals surface area contributed by atoms with Gasteiger partial charge >= 0.3 is 0 Å². The Kier molecular flexibility index (Phi) is 6.65. The number of likely N-dealkylation sites (N-methyl/N-ethyl adjacent to an activating group) is 2. The highest BCUT2D eigenvalue weighted by Gasteiger charge is 2.16. The third-order valence-corrected chi connectivity index (χ3v) is 3.10. The number of anilines is 1. The lowest BCUT2D eigenvalue weighted by atomic mass is 10.2. The van der Waals surface area contributed by atoms with Gasteiger partial charge in [-0.05, 0) is 12.1 Å². The molecule has 0 radical (unpaired) electrons. The van der Waals surface area contributed by atoms with Gasteiger partial charge in [-0.25, -0.2) is 0 Å². The molecule has 1 aromatic carbocycles. The molecule has 0 heterocycles. The molecule has 0 aliphatic rings. The Morgan fingerprint density at radius 3 is 2.41 bits per heavy atom. The second-order valence-corrected chi connectivity index (χ2v) is 5.21. The van der Waals surface area contributed by atoms with Gasteiger partial charge in [0, 0.05) is 20.2 Å². The number of benzene rings is 1. The number of nitrogens with one attached hydrogen (secondary N) is 2. The predicted octanol–water partition coefficient (Wildman–Crippen LogP) is -0.755. The second kappa shape index (κ2) is 8.23. The molecule has 0 aromatic heterocycles. The van der Waals surface area contributed by atoms with Crippen molar-refractivity contribution in [1.29, 1.82) is 0 Å². The number of methoxy groups -OCH3 is 2. The van der Waals surface area contributed by atoms with E-state index in [1.165, 1.54) is 12.0 Å². The van der Waals surface area contributed by atoms with Crippen LogP contribution in [0.15, 0.2) is 18.2 Å². The smallest absolute Gasteiger partial charge is 0.279 e. The van der Waals surface area contributed by atoms with Gasteiger partial charge in [0.05, 0.1) is 27.0 Å². The first-order valence-electron chi connectivity index (χ1n) is 6.90. The summed E-state index contributed by atoms with van der Waals surface area (Å²) in [5.41, 5.74) is 0.569. The summed E-state index contributed by atoms with van der Waals surface area (Å²) in [6.45, 7) is 0.453. The van der Waals surface area contributed by atoms with Gasteiger partial charge in [-0.3, -0.25) is 9.59 Å². The maximum absolute atomic E-state index is 12.1. The van der Waals surface area contributed by atoms with Crippen molar-refractivity contribution in [1.82, 2.24) is 4.90 Å². The Morgan fingerprint density at radius 2 is 1.86 bits per heavy atom. The molecule has 2 N–H and O–H groups in total. The molecule has 2 amide bonds. The van der Waals surface area contributed by atoms with Crippen LogP contribution in [0.4, 0.5) is 5.69 Å². The molecular weight excluding hydrogens is 286 g/mol. The van der Waals surface area contributed by atoms with E-state index in [1.807, 2.05) is 0 Å². The Balaban J connectivity index is 2.63. The van der Waals surface area contributed by atoms with Gasteiger partial charge in [0.2, 0.25) is 0 Å². The monoisotopic (exact) mass is 310 g/mol. The first-order valence-corrected chi connectivity index (χ1v) is 6.90. The molecular formula is C15H24N3O4+. The molecule has 0 bridgehead atoms. The minimum absolute atomic E-state index is 0.0210. The molecule has 0 aliphatic carbocycles. The van der Waals surface area contributed by atoms with Crippen LogP contribution in [0.25, 0.3) is 0 Å². The van der Waals surface area contributed by atoms with Crippen LogP contribution in [0.2, 0.25) is 0 Å². The lowest BCUT2D eigenvalue weighted by molar-refractivity contribution is -0.862. The molecule has 122 valence electrons. The number of carbonyl (C=O) groups is 2. The van der Waals surface area contributed by atoms with Gasteiger partial charge in [-0.2, -0.15) is 0 Å². The first kappa shape index (κ1) is 17.8. The van der Waals surface area contributed by atoms with Crippen molar-refractivity contribution in [3.63, 3.8) is 0 Å². The van der Waals surface area contributed by atoms with Gasteiger partial charge in [0.1, 0.15) is 11.5 Å². The Morgan fingerprint density at radius 1 is 1.18 bits per heavy atom. The number of amides is 2. The normalized spacial score (nSPS) is 11.5. The number of ether oxygens (including phenoxy) is 2. The van der Waals surface area contributed by atoms with E-state index in [9.17, 15) is 9.59 Å². The minimum Gasteiger partial charge on any atom is -0.497 e. The van der Waals surface area contributed by atoms with Crippen LogP contribution in [-0.2, 0) is 9.59 Å². The summed E-state index contributed by atoms with van der Waals surface area (Å²) in [4.78, 5) is 26.0. The molecule has 7 nitrogen and oxygen atoms in total. The van der Waals surface area contributed by atoms with Crippen LogP contribution < -0.4 is 19.7 Å². The zero-order chi connectivity index (χ0) is 16.7. The van der Waals surface area contributed by atoms with Crippen LogP contribution >= 0.6 is 0 Å². The summed E-state index contributed by atoms with van der Waals surface area (Å²) in [6.07, 6.45) is 0. The summed E-state index contributed by atoms with van der Waals surface area (Å²) >= 11 is 0. The van der Waals surface area contributed by atoms with E-state index in [2.05, 4.69) is 5.32 Å². The number of nitrogens with zero attached hydrogens (tertiary/aromatic N) is 1. The van der Waals surface area contributed by atoms with Gasteiger partial charge in [0.15, 0.2) is 13.1 Å². The first-order chi connectivity index (χ1) is 10.4. The highest BCUT2D eigenvalue weighted by Crippen LogP contribution is 2.28. The molecule has 1 aromatic rings. The molecule has 0 spiro atoms. The summed E-state index contributed by atoms with van der Waals surface area (Å²) in [5, 5.41) is 2.78. The topological polar surface area (TPSA) is 72.3 Å². The lowest BCUT2D eigenvalue weighted by Crippen LogP contribution is -3.11. The second-order valence-electron chi connectivity index (χ2n) is 5.21.